The van der Waals surface area contributed by atoms with Crippen LogP contribution in [0.3, 0.4) is 0 Å². The maximum Gasteiger partial charge on any atom is 0.222 e. The number of nitrogens with zero attached hydrogens (tertiary/aromatic N) is 1. The standard InChI is InChI=1S/C12H24N2O2/c1-3-14(11-6-8-13-9-7-11)12(15)5-4-10-16-2/h11,13H,3-10H2,1-2H3. The summed E-state index contributed by atoms with van der Waals surface area (Å²) >= 11 is 0. The van der Waals surface area contributed by atoms with E-state index >= 15 is 0 Å². The Labute approximate surface area is 98.3 Å². The first-order chi connectivity index (χ1) is 7.79. The molecule has 0 aromatic heterocycles. The molecule has 0 bridgehead atoms. The van der Waals surface area contributed by atoms with E-state index in [-0.39, 0.29) is 5.91 Å². The Balaban J connectivity index is 2.35. The van der Waals surface area contributed by atoms with Crippen LogP contribution < -0.4 is 5.32 Å². The van der Waals surface area contributed by atoms with Gasteiger partial charge in [-0.1, -0.05) is 0 Å². The van der Waals surface area contributed by atoms with Crippen molar-refractivity contribution in [3.05, 3.63) is 0 Å². The van der Waals surface area contributed by atoms with E-state index in [0.29, 0.717) is 19.1 Å². The Bertz CT molecular complexity index is 203. The molecule has 1 aliphatic heterocycles. The number of rotatable bonds is 6. The van der Waals surface area contributed by atoms with Crippen LogP contribution in [0, 0.1) is 0 Å². The van der Waals surface area contributed by atoms with Crippen LogP contribution in [0.15, 0.2) is 0 Å². The predicted molar refractivity (Wildman–Crippen MR) is 64.4 cm³/mol. The molecule has 1 amide bonds. The lowest BCUT2D eigenvalue weighted by Gasteiger charge is -2.34. The Hall–Kier alpha value is -0.610. The normalized spacial score (nSPS) is 17.4. The van der Waals surface area contributed by atoms with Crippen molar-refractivity contribution in [2.75, 3.05) is 33.4 Å². The molecular formula is C12H24N2O2. The topological polar surface area (TPSA) is 41.6 Å². The summed E-state index contributed by atoms with van der Waals surface area (Å²) in [4.78, 5) is 14.0. The van der Waals surface area contributed by atoms with Crippen LogP contribution in [0.2, 0.25) is 0 Å². The van der Waals surface area contributed by atoms with Crippen molar-refractivity contribution in [2.24, 2.45) is 0 Å². The molecule has 0 unspecified atom stereocenters. The van der Waals surface area contributed by atoms with E-state index in [9.17, 15) is 4.79 Å². The largest absolute Gasteiger partial charge is 0.385 e. The molecule has 94 valence electrons. The molecule has 0 atom stereocenters. The Morgan fingerprint density at radius 1 is 1.44 bits per heavy atom. The number of hydrogen-bond donors (Lipinski definition) is 1. The summed E-state index contributed by atoms with van der Waals surface area (Å²) in [5, 5.41) is 3.33. The van der Waals surface area contributed by atoms with Gasteiger partial charge in [-0.2, -0.15) is 0 Å². The van der Waals surface area contributed by atoms with E-state index in [1.165, 1.54) is 0 Å². The zero-order chi connectivity index (χ0) is 11.8. The predicted octanol–water partition coefficient (Wildman–Crippen LogP) is 1.01. The molecule has 1 aliphatic rings. The molecular weight excluding hydrogens is 204 g/mol. The van der Waals surface area contributed by atoms with Crippen molar-refractivity contribution in [3.63, 3.8) is 0 Å². The quantitative estimate of drug-likeness (QED) is 0.690. The van der Waals surface area contributed by atoms with Gasteiger partial charge in [-0.15, -0.1) is 0 Å². The summed E-state index contributed by atoms with van der Waals surface area (Å²) in [5.74, 6) is 0.284. The van der Waals surface area contributed by atoms with E-state index in [1.807, 2.05) is 4.90 Å². The van der Waals surface area contributed by atoms with Gasteiger partial charge in [-0.3, -0.25) is 4.79 Å². The Kier molecular flexibility index (Phi) is 6.42. The molecule has 1 heterocycles. The molecule has 0 aromatic rings. The van der Waals surface area contributed by atoms with E-state index in [4.69, 9.17) is 4.74 Å². The van der Waals surface area contributed by atoms with Gasteiger partial charge in [-0.25, -0.2) is 0 Å². The molecule has 0 aliphatic carbocycles. The lowest BCUT2D eigenvalue weighted by molar-refractivity contribution is -0.134. The second-order valence-corrected chi connectivity index (χ2v) is 4.26. The van der Waals surface area contributed by atoms with Crippen molar-refractivity contribution in [1.82, 2.24) is 10.2 Å². The van der Waals surface area contributed by atoms with E-state index in [1.54, 1.807) is 7.11 Å². The summed E-state index contributed by atoms with van der Waals surface area (Å²) in [5.41, 5.74) is 0. The highest BCUT2D eigenvalue weighted by atomic mass is 16.5. The maximum atomic E-state index is 12.0. The van der Waals surface area contributed by atoms with Crippen LogP contribution in [0.25, 0.3) is 0 Å². The van der Waals surface area contributed by atoms with Gasteiger partial charge in [-0.05, 0) is 39.3 Å². The second-order valence-electron chi connectivity index (χ2n) is 4.26. The number of carbonyl (C=O) groups is 1. The van der Waals surface area contributed by atoms with Crippen molar-refractivity contribution in [2.45, 2.75) is 38.6 Å². The summed E-state index contributed by atoms with van der Waals surface area (Å²) in [6.45, 7) is 5.64. The number of methoxy groups -OCH3 is 1. The average molecular weight is 228 g/mol. The third kappa shape index (κ3) is 4.10. The minimum Gasteiger partial charge on any atom is -0.385 e. The first kappa shape index (κ1) is 13.5. The fourth-order valence-electron chi connectivity index (χ4n) is 2.27. The molecule has 1 saturated heterocycles. The number of ether oxygens (including phenoxy) is 1. The van der Waals surface area contributed by atoms with Crippen LogP contribution in [-0.2, 0) is 9.53 Å². The second kappa shape index (κ2) is 7.63. The van der Waals surface area contributed by atoms with Gasteiger partial charge in [0.2, 0.25) is 5.91 Å². The summed E-state index contributed by atoms with van der Waals surface area (Å²) in [7, 11) is 1.68. The zero-order valence-corrected chi connectivity index (χ0v) is 10.5. The summed E-state index contributed by atoms with van der Waals surface area (Å²) < 4.78 is 4.97. The van der Waals surface area contributed by atoms with Gasteiger partial charge >= 0.3 is 0 Å². The fraction of sp³-hybridized carbons (Fsp3) is 0.917. The number of hydrogen-bond acceptors (Lipinski definition) is 3. The maximum absolute atomic E-state index is 12.0. The third-order valence-electron chi connectivity index (χ3n) is 3.15. The van der Waals surface area contributed by atoms with Crippen LogP contribution in [0.4, 0.5) is 0 Å². The average Bonchev–Trinajstić information content (AvgIpc) is 2.32. The minimum absolute atomic E-state index is 0.284. The number of amides is 1. The highest BCUT2D eigenvalue weighted by molar-refractivity contribution is 5.76. The van der Waals surface area contributed by atoms with Crippen LogP contribution >= 0.6 is 0 Å². The summed E-state index contributed by atoms with van der Waals surface area (Å²) in [6.07, 6.45) is 3.62. The molecule has 16 heavy (non-hydrogen) atoms. The smallest absolute Gasteiger partial charge is 0.222 e. The lowest BCUT2D eigenvalue weighted by Crippen LogP contribution is -2.46. The monoisotopic (exact) mass is 228 g/mol. The van der Waals surface area contributed by atoms with Crippen molar-refractivity contribution < 1.29 is 9.53 Å². The van der Waals surface area contributed by atoms with Crippen molar-refractivity contribution in [1.29, 1.82) is 0 Å². The highest BCUT2D eigenvalue weighted by Crippen LogP contribution is 2.13. The van der Waals surface area contributed by atoms with E-state index in [0.717, 1.165) is 38.9 Å². The summed E-state index contributed by atoms with van der Waals surface area (Å²) in [6, 6.07) is 0.446. The first-order valence-corrected chi connectivity index (χ1v) is 6.28. The van der Waals surface area contributed by atoms with Gasteiger partial charge < -0.3 is 15.0 Å². The molecule has 4 nitrogen and oxygen atoms in total. The molecule has 0 spiro atoms. The third-order valence-corrected chi connectivity index (χ3v) is 3.15. The van der Waals surface area contributed by atoms with Crippen molar-refractivity contribution >= 4 is 5.91 Å². The number of carbonyl (C=O) groups excluding carboxylic acids is 1. The van der Waals surface area contributed by atoms with Gasteiger partial charge in [0.15, 0.2) is 0 Å². The van der Waals surface area contributed by atoms with Crippen LogP contribution in [0.5, 0.6) is 0 Å². The fourth-order valence-corrected chi connectivity index (χ4v) is 2.27. The van der Waals surface area contributed by atoms with Gasteiger partial charge in [0.05, 0.1) is 0 Å². The molecule has 1 fully saturated rings. The van der Waals surface area contributed by atoms with Crippen LogP contribution in [0.1, 0.15) is 32.6 Å². The lowest BCUT2D eigenvalue weighted by atomic mass is 10.0. The highest BCUT2D eigenvalue weighted by Gasteiger charge is 2.23. The zero-order valence-electron chi connectivity index (χ0n) is 10.5. The van der Waals surface area contributed by atoms with Crippen LogP contribution in [-0.4, -0.2) is 50.2 Å². The molecule has 1 rings (SSSR count). The van der Waals surface area contributed by atoms with Gasteiger partial charge in [0, 0.05) is 32.7 Å². The Morgan fingerprint density at radius 3 is 2.69 bits per heavy atom. The SMILES string of the molecule is CCN(C(=O)CCCOC)C1CCNCC1. The van der Waals surface area contributed by atoms with Gasteiger partial charge in [0.1, 0.15) is 0 Å². The van der Waals surface area contributed by atoms with Crippen molar-refractivity contribution in [3.8, 4) is 0 Å². The molecule has 0 saturated carbocycles. The minimum atomic E-state index is 0.284. The molecule has 0 aromatic carbocycles. The Morgan fingerprint density at radius 2 is 2.12 bits per heavy atom. The molecule has 4 heteroatoms. The molecule has 0 radical (unpaired) electrons. The first-order valence-electron chi connectivity index (χ1n) is 6.28. The van der Waals surface area contributed by atoms with E-state index < -0.39 is 0 Å². The van der Waals surface area contributed by atoms with Gasteiger partial charge in [0.25, 0.3) is 0 Å². The number of nitrogens with one attached hydrogen (secondary N) is 1. The molecule has 1 N–H and O–H groups in total. The van der Waals surface area contributed by atoms with E-state index in [2.05, 4.69) is 12.2 Å². The number of piperidine rings is 1.